The lowest BCUT2D eigenvalue weighted by Gasteiger charge is -2.32. The number of fused-ring (bicyclic) bond motifs is 5. The van der Waals surface area contributed by atoms with Crippen molar-refractivity contribution in [2.45, 2.75) is 52.6 Å². The van der Waals surface area contributed by atoms with Crippen LogP contribution < -0.4 is 15.2 Å². The Bertz CT molecular complexity index is 2010. The standard InChI is InChI=1S/C33H28N4O4S/c1-17(2)29-34-35-32(42-29)37-30(39)28-26(27(38)22-14-19(4)20(5)15-25(22)41-28)33(37)23-8-6-7-9-24(23)36(31(33)40)16-21-12-10-18(3)11-13-21/h6-15,17H,16H2,1-5H3. The first-order chi connectivity index (χ1) is 20.1. The second kappa shape index (κ2) is 9.19. The van der Waals surface area contributed by atoms with Crippen LogP contribution in [0.5, 0.6) is 0 Å². The van der Waals surface area contributed by atoms with E-state index in [9.17, 15) is 9.59 Å². The molecule has 5 aromatic rings. The second-order valence-corrected chi connectivity index (χ2v) is 12.4. The number of carbonyl (C=O) groups is 2. The van der Waals surface area contributed by atoms with Gasteiger partial charge in [0.2, 0.25) is 10.9 Å². The van der Waals surface area contributed by atoms with E-state index < -0.39 is 22.8 Å². The van der Waals surface area contributed by atoms with Gasteiger partial charge >= 0.3 is 0 Å². The fraction of sp³-hybridized carbons (Fsp3) is 0.242. The molecule has 1 atom stereocenters. The molecule has 1 unspecified atom stereocenters. The summed E-state index contributed by atoms with van der Waals surface area (Å²) in [6.07, 6.45) is 0. The van der Waals surface area contributed by atoms with Gasteiger partial charge in [0.05, 0.1) is 23.2 Å². The molecule has 8 nitrogen and oxygen atoms in total. The predicted octanol–water partition coefficient (Wildman–Crippen LogP) is 6.14. The molecule has 3 aromatic carbocycles. The molecule has 0 saturated carbocycles. The van der Waals surface area contributed by atoms with Crippen molar-refractivity contribution < 1.29 is 14.0 Å². The predicted molar refractivity (Wildman–Crippen MR) is 162 cm³/mol. The molecule has 0 bridgehead atoms. The van der Waals surface area contributed by atoms with E-state index in [0.717, 1.165) is 27.3 Å². The third-order valence-electron chi connectivity index (χ3n) is 8.32. The van der Waals surface area contributed by atoms with E-state index in [-0.39, 0.29) is 28.9 Å². The van der Waals surface area contributed by atoms with Crippen LogP contribution in [0.3, 0.4) is 0 Å². The second-order valence-electron chi connectivity index (χ2n) is 11.4. The largest absolute Gasteiger partial charge is 0.450 e. The van der Waals surface area contributed by atoms with Crippen molar-refractivity contribution in [3.63, 3.8) is 0 Å². The number of aryl methyl sites for hydroxylation is 3. The third kappa shape index (κ3) is 3.49. The van der Waals surface area contributed by atoms with E-state index in [1.807, 2.05) is 83.1 Å². The lowest BCUT2D eigenvalue weighted by molar-refractivity contribution is -0.121. The van der Waals surface area contributed by atoms with Crippen LogP contribution in [-0.2, 0) is 16.9 Å². The van der Waals surface area contributed by atoms with E-state index in [1.54, 1.807) is 17.0 Å². The van der Waals surface area contributed by atoms with Crippen molar-refractivity contribution in [2.75, 3.05) is 9.80 Å². The van der Waals surface area contributed by atoms with Gasteiger partial charge in [0, 0.05) is 11.5 Å². The minimum atomic E-state index is -1.80. The van der Waals surface area contributed by atoms with Gasteiger partial charge in [-0.1, -0.05) is 73.2 Å². The summed E-state index contributed by atoms with van der Waals surface area (Å²) in [5, 5.41) is 10.0. The zero-order chi connectivity index (χ0) is 29.5. The number of rotatable bonds is 4. The Morgan fingerprint density at radius 2 is 1.64 bits per heavy atom. The number of para-hydroxylation sites is 1. The van der Waals surface area contributed by atoms with Crippen LogP contribution in [0.15, 0.2) is 69.9 Å². The Balaban J connectivity index is 1.55. The summed E-state index contributed by atoms with van der Waals surface area (Å²) >= 11 is 1.24. The molecule has 7 rings (SSSR count). The molecule has 0 fully saturated rings. The maximum atomic E-state index is 15.0. The smallest absolute Gasteiger partial charge is 0.297 e. The number of carbonyl (C=O) groups excluding carboxylic acids is 2. The number of hydrogen-bond donors (Lipinski definition) is 0. The first-order valence-corrected chi connectivity index (χ1v) is 14.7. The molecule has 9 heteroatoms. The van der Waals surface area contributed by atoms with Crippen molar-refractivity contribution in [1.82, 2.24) is 10.2 Å². The minimum absolute atomic E-state index is 0.0217. The van der Waals surface area contributed by atoms with Crippen LogP contribution in [0, 0.1) is 20.8 Å². The molecule has 2 aliphatic heterocycles. The Morgan fingerprint density at radius 3 is 2.36 bits per heavy atom. The van der Waals surface area contributed by atoms with Crippen molar-refractivity contribution in [1.29, 1.82) is 0 Å². The van der Waals surface area contributed by atoms with Gasteiger partial charge in [-0.25, -0.2) is 0 Å². The van der Waals surface area contributed by atoms with Gasteiger partial charge in [0.15, 0.2) is 11.0 Å². The summed E-state index contributed by atoms with van der Waals surface area (Å²) in [6.45, 7) is 10.1. The third-order valence-corrected chi connectivity index (χ3v) is 9.53. The molecular weight excluding hydrogens is 548 g/mol. The molecule has 210 valence electrons. The quantitative estimate of drug-likeness (QED) is 0.255. The molecule has 2 aliphatic rings. The average molecular weight is 577 g/mol. The van der Waals surface area contributed by atoms with Crippen molar-refractivity contribution in [2.24, 2.45) is 0 Å². The minimum Gasteiger partial charge on any atom is -0.450 e. The van der Waals surface area contributed by atoms with Crippen LogP contribution in [0.2, 0.25) is 0 Å². The highest BCUT2D eigenvalue weighted by Crippen LogP contribution is 2.54. The summed E-state index contributed by atoms with van der Waals surface area (Å²) < 4.78 is 6.25. The summed E-state index contributed by atoms with van der Waals surface area (Å²) in [6, 6.07) is 18.8. The summed E-state index contributed by atoms with van der Waals surface area (Å²) in [5.74, 6) is -1.08. The van der Waals surface area contributed by atoms with Crippen LogP contribution in [0.4, 0.5) is 10.8 Å². The van der Waals surface area contributed by atoms with Crippen LogP contribution in [0.25, 0.3) is 11.0 Å². The zero-order valence-electron chi connectivity index (χ0n) is 23.9. The first kappa shape index (κ1) is 26.3. The summed E-state index contributed by atoms with van der Waals surface area (Å²) in [7, 11) is 0. The van der Waals surface area contributed by atoms with Gasteiger partial charge in [-0.15, -0.1) is 10.2 Å². The van der Waals surface area contributed by atoms with E-state index in [0.29, 0.717) is 22.2 Å². The van der Waals surface area contributed by atoms with Gasteiger partial charge in [0.25, 0.3) is 11.8 Å². The molecule has 0 saturated heterocycles. The molecule has 0 aliphatic carbocycles. The highest BCUT2D eigenvalue weighted by Gasteiger charge is 2.66. The Kier molecular flexibility index (Phi) is 5.75. The zero-order valence-corrected chi connectivity index (χ0v) is 24.7. The Labute approximate surface area is 246 Å². The molecule has 4 heterocycles. The van der Waals surface area contributed by atoms with E-state index >= 15 is 4.79 Å². The summed E-state index contributed by atoms with van der Waals surface area (Å²) in [4.78, 5) is 46.9. The van der Waals surface area contributed by atoms with Gasteiger partial charge in [0.1, 0.15) is 10.6 Å². The van der Waals surface area contributed by atoms with Crippen molar-refractivity contribution in [3.8, 4) is 0 Å². The van der Waals surface area contributed by atoms with E-state index in [4.69, 9.17) is 4.42 Å². The Hall–Kier alpha value is -4.63. The number of aromatic nitrogens is 2. The van der Waals surface area contributed by atoms with E-state index in [1.165, 1.54) is 16.2 Å². The fourth-order valence-electron chi connectivity index (χ4n) is 6.00. The van der Waals surface area contributed by atoms with Gasteiger partial charge in [-0.2, -0.15) is 0 Å². The maximum absolute atomic E-state index is 15.0. The highest BCUT2D eigenvalue weighted by atomic mass is 32.1. The number of nitrogens with zero attached hydrogens (tertiary/aromatic N) is 4. The number of benzene rings is 3. The molecular formula is C33H28N4O4S. The highest BCUT2D eigenvalue weighted by molar-refractivity contribution is 7.15. The molecule has 1 spiro atoms. The van der Waals surface area contributed by atoms with Gasteiger partial charge in [-0.3, -0.25) is 19.3 Å². The molecule has 2 aromatic heterocycles. The van der Waals surface area contributed by atoms with Crippen LogP contribution in [0.1, 0.15) is 68.7 Å². The summed E-state index contributed by atoms with van der Waals surface area (Å²) in [5.41, 5.74) is 3.16. The normalized spacial score (nSPS) is 17.7. The maximum Gasteiger partial charge on any atom is 0.297 e. The van der Waals surface area contributed by atoms with Crippen LogP contribution in [-0.4, -0.2) is 22.0 Å². The molecule has 2 amide bonds. The lowest BCUT2D eigenvalue weighted by atomic mass is 9.84. The number of hydrogen-bond acceptors (Lipinski definition) is 7. The van der Waals surface area contributed by atoms with Crippen molar-refractivity contribution >= 4 is 44.9 Å². The van der Waals surface area contributed by atoms with Gasteiger partial charge < -0.3 is 9.32 Å². The van der Waals surface area contributed by atoms with Crippen LogP contribution >= 0.6 is 11.3 Å². The van der Waals surface area contributed by atoms with E-state index in [2.05, 4.69) is 10.2 Å². The molecule has 42 heavy (non-hydrogen) atoms. The average Bonchev–Trinajstić information content (AvgIpc) is 3.61. The van der Waals surface area contributed by atoms with Gasteiger partial charge in [-0.05, 0) is 55.7 Å². The fourth-order valence-corrected chi connectivity index (χ4v) is 6.90. The molecule has 0 radical (unpaired) electrons. The first-order valence-electron chi connectivity index (χ1n) is 13.9. The SMILES string of the molecule is Cc1ccc(CN2C(=O)C3(c4ccccc42)c2c(oc4cc(C)c(C)cc4c2=O)C(=O)N3c2nnc(C(C)C)s2)cc1. The number of anilines is 2. The Morgan fingerprint density at radius 1 is 0.929 bits per heavy atom. The van der Waals surface area contributed by atoms with Crippen molar-refractivity contribution in [3.05, 3.63) is 115 Å². The number of amides is 2. The topological polar surface area (TPSA) is 96.6 Å². The monoisotopic (exact) mass is 576 g/mol. The lowest BCUT2D eigenvalue weighted by Crippen LogP contribution is -2.53. The molecule has 0 N–H and O–H groups in total.